The normalized spacial score (nSPS) is 23.1. The molecule has 0 radical (unpaired) electrons. The number of aryl methyl sites for hydroxylation is 1. The summed E-state index contributed by atoms with van der Waals surface area (Å²) < 4.78 is 0. The Kier molecular flexibility index (Phi) is 4.60. The molecule has 132 valence electrons. The number of carbonyl (C=O) groups excluding carboxylic acids is 1. The van der Waals surface area contributed by atoms with Gasteiger partial charge in [0.2, 0.25) is 0 Å². The first kappa shape index (κ1) is 16.4. The molecule has 25 heavy (non-hydrogen) atoms. The van der Waals surface area contributed by atoms with Crippen LogP contribution in [0.25, 0.3) is 11.3 Å². The molecule has 4 heteroatoms. The van der Waals surface area contributed by atoms with Crippen molar-refractivity contribution in [3.05, 3.63) is 41.1 Å². The third kappa shape index (κ3) is 3.22. The lowest BCUT2D eigenvalue weighted by molar-refractivity contribution is 0.0911. The Labute approximate surface area is 149 Å². The monoisotopic (exact) mass is 337 g/mol. The number of amides is 1. The second-order valence-corrected chi connectivity index (χ2v) is 7.62. The van der Waals surface area contributed by atoms with E-state index in [1.165, 1.54) is 43.4 Å². The summed E-state index contributed by atoms with van der Waals surface area (Å²) in [5.41, 5.74) is 5.23. The van der Waals surface area contributed by atoms with Crippen molar-refractivity contribution in [2.24, 2.45) is 5.92 Å². The molecular formula is C21H27N3O. The van der Waals surface area contributed by atoms with Crippen LogP contribution in [-0.4, -0.2) is 22.1 Å². The van der Waals surface area contributed by atoms with Crippen LogP contribution in [0.4, 0.5) is 0 Å². The number of aromatic nitrogens is 2. The first-order chi connectivity index (χ1) is 12.2. The molecule has 4 rings (SSSR count). The Bertz CT molecular complexity index is 764. The van der Waals surface area contributed by atoms with E-state index in [2.05, 4.69) is 22.4 Å². The van der Waals surface area contributed by atoms with Crippen molar-refractivity contribution in [1.29, 1.82) is 0 Å². The number of rotatable bonds is 3. The summed E-state index contributed by atoms with van der Waals surface area (Å²) in [5, 5.41) is 11.1. The van der Waals surface area contributed by atoms with Crippen molar-refractivity contribution in [2.45, 2.75) is 64.3 Å². The maximum absolute atomic E-state index is 13.0. The zero-order chi connectivity index (χ0) is 17.2. The van der Waals surface area contributed by atoms with E-state index in [1.54, 1.807) is 0 Å². The van der Waals surface area contributed by atoms with Gasteiger partial charge in [0.15, 0.2) is 0 Å². The Balaban J connectivity index is 1.63. The van der Waals surface area contributed by atoms with Crippen molar-refractivity contribution in [3.63, 3.8) is 0 Å². The van der Waals surface area contributed by atoms with Crippen LogP contribution in [0, 0.1) is 5.92 Å². The molecule has 2 unspecified atom stereocenters. The molecule has 4 nitrogen and oxygen atoms in total. The maximum Gasteiger partial charge on any atom is 0.252 e. The van der Waals surface area contributed by atoms with Gasteiger partial charge >= 0.3 is 0 Å². The fraction of sp³-hybridized carbons (Fsp3) is 0.524. The average molecular weight is 337 g/mol. The molecule has 0 aliphatic heterocycles. The van der Waals surface area contributed by atoms with Crippen molar-refractivity contribution >= 4 is 5.91 Å². The lowest BCUT2D eigenvalue weighted by Crippen LogP contribution is -2.41. The minimum absolute atomic E-state index is 0.0434. The first-order valence-corrected chi connectivity index (χ1v) is 9.70. The van der Waals surface area contributed by atoms with E-state index >= 15 is 0 Å². The number of aromatic amines is 1. The van der Waals surface area contributed by atoms with Gasteiger partial charge in [-0.25, -0.2) is 0 Å². The quantitative estimate of drug-likeness (QED) is 0.879. The Morgan fingerprint density at radius 3 is 2.80 bits per heavy atom. The minimum atomic E-state index is 0.0434. The Hall–Kier alpha value is -2.10. The summed E-state index contributed by atoms with van der Waals surface area (Å²) in [7, 11) is 0. The molecule has 0 bridgehead atoms. The molecular weight excluding hydrogens is 310 g/mol. The Morgan fingerprint density at radius 2 is 1.92 bits per heavy atom. The lowest BCUT2D eigenvalue weighted by atomic mass is 9.85. The van der Waals surface area contributed by atoms with Crippen molar-refractivity contribution in [1.82, 2.24) is 15.5 Å². The predicted molar refractivity (Wildman–Crippen MR) is 99.6 cm³/mol. The van der Waals surface area contributed by atoms with E-state index < -0.39 is 0 Å². The number of carbonyl (C=O) groups is 1. The van der Waals surface area contributed by atoms with E-state index in [0.29, 0.717) is 12.0 Å². The van der Waals surface area contributed by atoms with Gasteiger partial charge < -0.3 is 5.32 Å². The smallest absolute Gasteiger partial charge is 0.252 e. The van der Waals surface area contributed by atoms with E-state index in [4.69, 9.17) is 0 Å². The number of benzene rings is 1. The summed E-state index contributed by atoms with van der Waals surface area (Å²) in [5.74, 6) is 0.602. The molecule has 1 amide bonds. The fourth-order valence-corrected chi connectivity index (χ4v) is 4.37. The molecule has 1 fully saturated rings. The number of H-pyrrole nitrogens is 1. The fourth-order valence-electron chi connectivity index (χ4n) is 4.37. The first-order valence-electron chi connectivity index (χ1n) is 9.70. The molecule has 1 saturated carbocycles. The highest BCUT2D eigenvalue weighted by Gasteiger charge is 2.26. The highest BCUT2D eigenvalue weighted by atomic mass is 16.1. The number of nitrogens with one attached hydrogen (secondary N) is 2. The van der Waals surface area contributed by atoms with Gasteiger partial charge in [-0.15, -0.1) is 0 Å². The summed E-state index contributed by atoms with van der Waals surface area (Å²) in [6.07, 6.45) is 9.33. The van der Waals surface area contributed by atoms with Crippen LogP contribution < -0.4 is 5.32 Å². The molecule has 1 aromatic heterocycles. The molecule has 0 saturated heterocycles. The highest BCUT2D eigenvalue weighted by Crippen LogP contribution is 2.32. The summed E-state index contributed by atoms with van der Waals surface area (Å²) >= 11 is 0. The van der Waals surface area contributed by atoms with Crippen LogP contribution in [0.3, 0.4) is 0 Å². The third-order valence-electron chi connectivity index (χ3n) is 5.91. The number of hydrogen-bond acceptors (Lipinski definition) is 2. The van der Waals surface area contributed by atoms with Gasteiger partial charge in [0.05, 0.1) is 5.69 Å². The van der Waals surface area contributed by atoms with E-state index in [0.717, 1.165) is 36.1 Å². The standard InChI is InChI=1S/C21H27N3O/c1-14-8-2-6-12-18(14)22-21(25)16-10-4-3-9-15(16)20-17-11-5-7-13-19(17)23-24-20/h3-4,9-10,14,18H,2,5-8,11-13H2,1H3,(H,22,25)(H,23,24). The van der Waals surface area contributed by atoms with Crippen LogP contribution in [0.15, 0.2) is 24.3 Å². The lowest BCUT2D eigenvalue weighted by Gasteiger charge is -2.29. The topological polar surface area (TPSA) is 57.8 Å². The summed E-state index contributed by atoms with van der Waals surface area (Å²) in [6.45, 7) is 2.25. The zero-order valence-electron chi connectivity index (χ0n) is 15.0. The zero-order valence-corrected chi connectivity index (χ0v) is 15.0. The molecule has 2 atom stereocenters. The molecule has 2 aliphatic carbocycles. The summed E-state index contributed by atoms with van der Waals surface area (Å²) in [4.78, 5) is 13.0. The van der Waals surface area contributed by atoms with Crippen LogP contribution in [0.2, 0.25) is 0 Å². The van der Waals surface area contributed by atoms with Gasteiger partial charge in [0.1, 0.15) is 0 Å². The molecule has 0 spiro atoms. The Morgan fingerprint density at radius 1 is 1.12 bits per heavy atom. The molecule has 2 aliphatic rings. The van der Waals surface area contributed by atoms with Crippen LogP contribution in [-0.2, 0) is 12.8 Å². The second kappa shape index (κ2) is 7.03. The maximum atomic E-state index is 13.0. The van der Waals surface area contributed by atoms with Crippen molar-refractivity contribution in [2.75, 3.05) is 0 Å². The van der Waals surface area contributed by atoms with Crippen LogP contribution in [0.1, 0.15) is 67.1 Å². The molecule has 2 N–H and O–H groups in total. The van der Waals surface area contributed by atoms with Gasteiger partial charge in [0.25, 0.3) is 5.91 Å². The van der Waals surface area contributed by atoms with Crippen molar-refractivity contribution in [3.8, 4) is 11.3 Å². The van der Waals surface area contributed by atoms with Gasteiger partial charge in [-0.3, -0.25) is 9.89 Å². The van der Waals surface area contributed by atoms with Gasteiger partial charge in [-0.05, 0) is 50.5 Å². The molecule has 2 aromatic rings. The minimum Gasteiger partial charge on any atom is -0.349 e. The van der Waals surface area contributed by atoms with Gasteiger partial charge in [0, 0.05) is 28.4 Å². The van der Waals surface area contributed by atoms with Crippen LogP contribution >= 0.6 is 0 Å². The third-order valence-corrected chi connectivity index (χ3v) is 5.91. The number of fused-ring (bicyclic) bond motifs is 1. The van der Waals surface area contributed by atoms with Gasteiger partial charge in [-0.1, -0.05) is 38.0 Å². The van der Waals surface area contributed by atoms with Crippen LogP contribution in [0.5, 0.6) is 0 Å². The van der Waals surface area contributed by atoms with E-state index in [1.807, 2.05) is 24.3 Å². The second-order valence-electron chi connectivity index (χ2n) is 7.62. The summed E-state index contributed by atoms with van der Waals surface area (Å²) in [6, 6.07) is 8.20. The highest BCUT2D eigenvalue weighted by molar-refractivity contribution is 6.01. The SMILES string of the molecule is CC1CCCCC1NC(=O)c1ccccc1-c1n[nH]c2c1CCCC2. The number of nitrogens with zero attached hydrogens (tertiary/aromatic N) is 1. The molecule has 1 aromatic carbocycles. The molecule has 1 heterocycles. The largest absolute Gasteiger partial charge is 0.349 e. The predicted octanol–water partition coefficient (Wildman–Crippen LogP) is 4.26. The van der Waals surface area contributed by atoms with Gasteiger partial charge in [-0.2, -0.15) is 5.10 Å². The van der Waals surface area contributed by atoms with Crippen molar-refractivity contribution < 1.29 is 4.79 Å². The average Bonchev–Trinajstić information content (AvgIpc) is 3.07. The number of hydrogen-bond donors (Lipinski definition) is 2. The van der Waals surface area contributed by atoms with E-state index in [-0.39, 0.29) is 5.91 Å². The van der Waals surface area contributed by atoms with E-state index in [9.17, 15) is 4.79 Å².